The van der Waals surface area contributed by atoms with Gasteiger partial charge in [0.2, 0.25) is 0 Å². The summed E-state index contributed by atoms with van der Waals surface area (Å²) in [4.78, 5) is 6.89. The molecule has 4 rings (SSSR count). The summed E-state index contributed by atoms with van der Waals surface area (Å²) in [5, 5.41) is 4.30. The van der Waals surface area contributed by atoms with Gasteiger partial charge >= 0.3 is 0 Å². The van der Waals surface area contributed by atoms with E-state index in [2.05, 4.69) is 91.3 Å². The van der Waals surface area contributed by atoms with Gasteiger partial charge in [0, 0.05) is 34.8 Å². The van der Waals surface area contributed by atoms with Crippen molar-refractivity contribution in [2.45, 2.75) is 25.4 Å². The van der Waals surface area contributed by atoms with Crippen LogP contribution in [-0.2, 0) is 0 Å². The van der Waals surface area contributed by atoms with Crippen LogP contribution in [0.1, 0.15) is 36.8 Å². The Kier molecular flexibility index (Phi) is 5.27. The molecule has 0 aliphatic carbocycles. The van der Waals surface area contributed by atoms with E-state index in [-0.39, 0.29) is 12.1 Å². The summed E-state index contributed by atoms with van der Waals surface area (Å²) >= 11 is 9.20. The molecule has 0 unspecified atom stereocenters. The second-order valence-corrected chi connectivity index (χ2v) is 7.90. The zero-order chi connectivity index (χ0) is 18.8. The summed E-state index contributed by atoms with van der Waals surface area (Å²) in [6.07, 6.45) is 4.99. The minimum atomic E-state index is 0.0225. The predicted octanol–water partition coefficient (Wildman–Crippen LogP) is 5.02. The molecule has 0 amide bonds. The Bertz CT molecular complexity index is 923. The van der Waals surface area contributed by atoms with Gasteiger partial charge < -0.3 is 14.8 Å². The standard InChI is InChI=1S/C21H21BrN4S/c1-2-13-26-20(19(24-21(26)27)17-6-3-4-12-23-17)18-7-5-14-25(18)16-10-8-15(22)9-11-16/h3-12,14,19-20H,2,13H2,1H3,(H,24,27)/t19-,20-/m0/s1. The zero-order valence-corrected chi connectivity index (χ0v) is 17.5. The van der Waals surface area contributed by atoms with Crippen molar-refractivity contribution in [1.82, 2.24) is 19.8 Å². The molecule has 1 N–H and O–H groups in total. The third kappa shape index (κ3) is 3.51. The first kappa shape index (κ1) is 18.2. The summed E-state index contributed by atoms with van der Waals surface area (Å²) in [6.45, 7) is 3.09. The number of halogens is 1. The molecule has 1 fully saturated rings. The van der Waals surface area contributed by atoms with Gasteiger partial charge in [0.15, 0.2) is 5.11 Å². The average molecular weight is 441 g/mol. The van der Waals surface area contributed by atoms with Crippen LogP contribution in [0.3, 0.4) is 0 Å². The van der Waals surface area contributed by atoms with Gasteiger partial charge in [-0.2, -0.15) is 0 Å². The first-order valence-electron chi connectivity index (χ1n) is 9.10. The predicted molar refractivity (Wildman–Crippen MR) is 116 cm³/mol. The molecule has 1 aliphatic rings. The van der Waals surface area contributed by atoms with E-state index in [1.807, 2.05) is 18.3 Å². The maximum atomic E-state index is 5.68. The lowest BCUT2D eigenvalue weighted by Gasteiger charge is -2.28. The molecule has 3 aromatic rings. The molecule has 2 aromatic heterocycles. The molecule has 0 saturated carbocycles. The Hall–Kier alpha value is -2.18. The van der Waals surface area contributed by atoms with Crippen LogP contribution >= 0.6 is 28.1 Å². The molecular weight excluding hydrogens is 420 g/mol. The van der Waals surface area contributed by atoms with E-state index in [4.69, 9.17) is 12.2 Å². The third-order valence-corrected chi connectivity index (χ3v) is 5.73. The topological polar surface area (TPSA) is 33.1 Å². The Labute approximate surface area is 173 Å². The maximum Gasteiger partial charge on any atom is 0.170 e. The van der Waals surface area contributed by atoms with Crippen LogP contribution < -0.4 is 5.32 Å². The van der Waals surface area contributed by atoms with Crippen molar-refractivity contribution in [1.29, 1.82) is 0 Å². The Morgan fingerprint density at radius 1 is 1.11 bits per heavy atom. The van der Waals surface area contributed by atoms with Gasteiger partial charge in [-0.1, -0.05) is 28.9 Å². The molecule has 0 spiro atoms. The summed E-state index contributed by atoms with van der Waals surface area (Å²) in [5.41, 5.74) is 3.34. The van der Waals surface area contributed by atoms with Crippen molar-refractivity contribution < 1.29 is 0 Å². The zero-order valence-electron chi connectivity index (χ0n) is 15.0. The summed E-state index contributed by atoms with van der Waals surface area (Å²) in [6, 6.07) is 18.8. The molecule has 0 bridgehead atoms. The summed E-state index contributed by atoms with van der Waals surface area (Å²) in [7, 11) is 0. The lowest BCUT2D eigenvalue weighted by atomic mass is 10.0. The highest BCUT2D eigenvalue weighted by Crippen LogP contribution is 2.39. The maximum absolute atomic E-state index is 5.68. The van der Waals surface area contributed by atoms with E-state index in [9.17, 15) is 0 Å². The van der Waals surface area contributed by atoms with Crippen molar-refractivity contribution in [2.75, 3.05) is 6.54 Å². The van der Waals surface area contributed by atoms with Gasteiger partial charge in [0.25, 0.3) is 0 Å². The Balaban J connectivity index is 1.80. The number of nitrogens with one attached hydrogen (secondary N) is 1. The number of hydrogen-bond donors (Lipinski definition) is 1. The fourth-order valence-corrected chi connectivity index (χ4v) is 4.28. The van der Waals surface area contributed by atoms with E-state index >= 15 is 0 Å². The van der Waals surface area contributed by atoms with Gasteiger partial charge in [0.1, 0.15) is 0 Å². The van der Waals surface area contributed by atoms with Crippen molar-refractivity contribution in [3.63, 3.8) is 0 Å². The molecule has 1 aliphatic heterocycles. The van der Waals surface area contributed by atoms with Gasteiger partial charge in [0.05, 0.1) is 17.8 Å². The van der Waals surface area contributed by atoms with Crippen LogP contribution in [0.4, 0.5) is 0 Å². The van der Waals surface area contributed by atoms with E-state index in [0.717, 1.165) is 33.9 Å². The smallest absolute Gasteiger partial charge is 0.170 e. The monoisotopic (exact) mass is 440 g/mol. The molecule has 2 atom stereocenters. The van der Waals surface area contributed by atoms with Crippen LogP contribution in [0.2, 0.25) is 0 Å². The van der Waals surface area contributed by atoms with Crippen molar-refractivity contribution in [3.8, 4) is 5.69 Å². The van der Waals surface area contributed by atoms with Gasteiger partial charge in [-0.25, -0.2) is 0 Å². The lowest BCUT2D eigenvalue weighted by Crippen LogP contribution is -2.31. The van der Waals surface area contributed by atoms with Crippen LogP contribution in [0, 0.1) is 0 Å². The van der Waals surface area contributed by atoms with Crippen LogP contribution in [0.5, 0.6) is 0 Å². The first-order valence-corrected chi connectivity index (χ1v) is 10.3. The molecule has 27 heavy (non-hydrogen) atoms. The number of nitrogens with zero attached hydrogens (tertiary/aromatic N) is 3. The lowest BCUT2D eigenvalue weighted by molar-refractivity contribution is 0.309. The summed E-state index contributed by atoms with van der Waals surface area (Å²) < 4.78 is 3.31. The number of hydrogen-bond acceptors (Lipinski definition) is 2. The SMILES string of the molecule is CCCN1C(=S)N[C@@H](c2ccccn2)[C@@H]1c1cccn1-c1ccc(Br)cc1. The van der Waals surface area contributed by atoms with Crippen molar-refractivity contribution >= 4 is 33.3 Å². The largest absolute Gasteiger partial charge is 0.352 e. The molecule has 6 heteroatoms. The van der Waals surface area contributed by atoms with Crippen LogP contribution in [0.15, 0.2) is 71.5 Å². The number of pyridine rings is 1. The molecule has 138 valence electrons. The van der Waals surface area contributed by atoms with Crippen molar-refractivity contribution in [3.05, 3.63) is 82.9 Å². The molecule has 1 aromatic carbocycles. The van der Waals surface area contributed by atoms with E-state index in [1.54, 1.807) is 0 Å². The van der Waals surface area contributed by atoms with Crippen LogP contribution in [-0.4, -0.2) is 26.1 Å². The fraction of sp³-hybridized carbons (Fsp3) is 0.238. The van der Waals surface area contributed by atoms with Gasteiger partial charge in [-0.3, -0.25) is 4.98 Å². The Morgan fingerprint density at radius 3 is 2.63 bits per heavy atom. The molecule has 3 heterocycles. The fourth-order valence-electron chi connectivity index (χ4n) is 3.68. The van der Waals surface area contributed by atoms with Gasteiger partial charge in [-0.15, -0.1) is 0 Å². The number of aromatic nitrogens is 2. The second-order valence-electron chi connectivity index (χ2n) is 6.60. The Morgan fingerprint density at radius 2 is 1.93 bits per heavy atom. The third-order valence-electron chi connectivity index (χ3n) is 4.85. The minimum absolute atomic E-state index is 0.0225. The molecular formula is C21H21BrN4S. The molecule has 0 radical (unpaired) electrons. The average Bonchev–Trinajstić information content (AvgIpc) is 3.28. The van der Waals surface area contributed by atoms with Crippen LogP contribution in [0.25, 0.3) is 5.69 Å². The highest BCUT2D eigenvalue weighted by molar-refractivity contribution is 9.10. The van der Waals surface area contributed by atoms with E-state index in [1.165, 1.54) is 5.69 Å². The number of benzene rings is 1. The van der Waals surface area contributed by atoms with Gasteiger partial charge in [-0.05, 0) is 67.2 Å². The van der Waals surface area contributed by atoms with E-state index in [0.29, 0.717) is 0 Å². The molecule has 4 nitrogen and oxygen atoms in total. The number of rotatable bonds is 5. The second kappa shape index (κ2) is 7.82. The van der Waals surface area contributed by atoms with E-state index < -0.39 is 0 Å². The summed E-state index contributed by atoms with van der Waals surface area (Å²) in [5.74, 6) is 0. The normalized spacial score (nSPS) is 19.3. The first-order chi connectivity index (χ1) is 13.2. The number of thiocarbonyl (C=S) groups is 1. The highest BCUT2D eigenvalue weighted by Gasteiger charge is 2.40. The quantitative estimate of drug-likeness (QED) is 0.564. The molecule has 1 saturated heterocycles. The highest BCUT2D eigenvalue weighted by atomic mass is 79.9. The minimum Gasteiger partial charge on any atom is -0.352 e. The van der Waals surface area contributed by atoms with Crippen molar-refractivity contribution in [2.24, 2.45) is 0 Å².